The lowest BCUT2D eigenvalue weighted by Crippen LogP contribution is -2.37. The van der Waals surface area contributed by atoms with Gasteiger partial charge in [0.1, 0.15) is 5.78 Å². The van der Waals surface area contributed by atoms with Crippen molar-refractivity contribution in [2.75, 3.05) is 5.75 Å². The van der Waals surface area contributed by atoms with Crippen molar-refractivity contribution >= 4 is 15.6 Å². The second-order valence-corrected chi connectivity index (χ2v) is 9.18. The Labute approximate surface area is 133 Å². The molecule has 0 aliphatic heterocycles. The average molecular weight is 320 g/mol. The highest BCUT2D eigenvalue weighted by atomic mass is 32.2. The first-order valence-electron chi connectivity index (χ1n) is 8.24. The molecule has 4 heteroatoms. The summed E-state index contributed by atoms with van der Waals surface area (Å²) >= 11 is 0. The van der Waals surface area contributed by atoms with E-state index in [0.717, 1.165) is 32.1 Å². The third-order valence-corrected chi connectivity index (χ3v) is 7.66. The van der Waals surface area contributed by atoms with E-state index in [1.807, 2.05) is 6.07 Å². The van der Waals surface area contributed by atoms with Gasteiger partial charge in [-0.3, -0.25) is 4.79 Å². The van der Waals surface area contributed by atoms with E-state index in [1.54, 1.807) is 24.3 Å². The quantitative estimate of drug-likeness (QED) is 0.851. The minimum absolute atomic E-state index is 0.0293. The number of rotatable bonds is 4. The average Bonchev–Trinajstić information content (AvgIpc) is 2.84. The number of sulfone groups is 1. The van der Waals surface area contributed by atoms with E-state index >= 15 is 0 Å². The molecule has 0 spiro atoms. The van der Waals surface area contributed by atoms with Gasteiger partial charge in [0.2, 0.25) is 0 Å². The summed E-state index contributed by atoms with van der Waals surface area (Å²) in [5.74, 6) is 1.13. The maximum atomic E-state index is 12.5. The van der Waals surface area contributed by atoms with E-state index in [2.05, 4.69) is 6.92 Å². The lowest BCUT2D eigenvalue weighted by molar-refractivity contribution is -0.129. The number of Topliss-reactive ketones (excluding diaryl/α,β-unsaturated/α-hetero) is 1. The molecule has 0 amide bonds. The number of carbonyl (C=O) groups excluding carboxylic acids is 1. The lowest BCUT2D eigenvalue weighted by atomic mass is 9.64. The van der Waals surface area contributed by atoms with Crippen LogP contribution in [0.5, 0.6) is 0 Å². The van der Waals surface area contributed by atoms with Crippen LogP contribution in [0.4, 0.5) is 0 Å². The summed E-state index contributed by atoms with van der Waals surface area (Å²) in [6.07, 6.45) is 5.38. The molecule has 22 heavy (non-hydrogen) atoms. The molecule has 3 nitrogen and oxygen atoms in total. The maximum absolute atomic E-state index is 12.5. The molecule has 1 aromatic rings. The van der Waals surface area contributed by atoms with E-state index in [1.165, 1.54) is 0 Å². The summed E-state index contributed by atoms with van der Waals surface area (Å²) in [7, 11) is -3.21. The Morgan fingerprint density at radius 1 is 1.18 bits per heavy atom. The lowest BCUT2D eigenvalue weighted by Gasteiger charge is -2.39. The van der Waals surface area contributed by atoms with E-state index in [-0.39, 0.29) is 17.1 Å². The summed E-state index contributed by atoms with van der Waals surface area (Å²) < 4.78 is 24.9. The SMILES string of the molecule is C[C@]12CCCC(=O)C1CCC2CCS(=O)(=O)c1ccccc1. The van der Waals surface area contributed by atoms with Gasteiger partial charge in [0.15, 0.2) is 9.84 Å². The molecule has 0 radical (unpaired) electrons. The predicted molar refractivity (Wildman–Crippen MR) is 86.3 cm³/mol. The topological polar surface area (TPSA) is 51.2 Å². The molecule has 0 bridgehead atoms. The first kappa shape index (κ1) is 15.7. The standard InChI is InChI=1S/C18H24O3S/c1-18-12-5-8-17(19)16(18)10-9-14(18)11-13-22(20,21)15-6-3-2-4-7-15/h2-4,6-7,14,16H,5,8-13H2,1H3/t14?,16?,18-/m1/s1. The van der Waals surface area contributed by atoms with Gasteiger partial charge in [-0.15, -0.1) is 0 Å². The van der Waals surface area contributed by atoms with Crippen LogP contribution in [0.2, 0.25) is 0 Å². The maximum Gasteiger partial charge on any atom is 0.178 e. The second kappa shape index (κ2) is 5.80. The van der Waals surface area contributed by atoms with Gasteiger partial charge in [0.05, 0.1) is 10.6 Å². The van der Waals surface area contributed by atoms with Gasteiger partial charge >= 0.3 is 0 Å². The molecule has 0 saturated heterocycles. The predicted octanol–water partition coefficient (Wildman–Crippen LogP) is 3.64. The van der Waals surface area contributed by atoms with Crippen LogP contribution in [0.15, 0.2) is 35.2 Å². The van der Waals surface area contributed by atoms with Gasteiger partial charge in [-0.2, -0.15) is 0 Å². The molecule has 120 valence electrons. The molecule has 2 aliphatic rings. The smallest absolute Gasteiger partial charge is 0.178 e. The number of hydrogen-bond acceptors (Lipinski definition) is 3. The summed E-state index contributed by atoms with van der Waals surface area (Å²) in [5, 5.41) is 0. The molecule has 0 N–H and O–H groups in total. The molecule has 2 saturated carbocycles. The third-order valence-electron chi connectivity index (χ3n) is 5.90. The van der Waals surface area contributed by atoms with Crippen LogP contribution in [0.3, 0.4) is 0 Å². The molecule has 2 fully saturated rings. The Kier molecular flexibility index (Phi) is 4.15. The molecule has 0 aromatic heterocycles. The number of fused-ring (bicyclic) bond motifs is 1. The third kappa shape index (κ3) is 2.73. The van der Waals surface area contributed by atoms with Gasteiger partial charge < -0.3 is 0 Å². The molecule has 3 atom stereocenters. The highest BCUT2D eigenvalue weighted by Gasteiger charge is 2.50. The minimum Gasteiger partial charge on any atom is -0.299 e. The summed E-state index contributed by atoms with van der Waals surface area (Å²) in [4.78, 5) is 12.5. The fourth-order valence-corrected chi connectivity index (χ4v) is 5.96. The fourth-order valence-electron chi connectivity index (χ4n) is 4.55. The Bertz CT molecular complexity index is 650. The zero-order chi connectivity index (χ0) is 15.8. The van der Waals surface area contributed by atoms with E-state index in [4.69, 9.17) is 0 Å². The number of ketones is 1. The van der Waals surface area contributed by atoms with Crippen molar-refractivity contribution in [2.45, 2.75) is 50.3 Å². The molecule has 1 aromatic carbocycles. The Morgan fingerprint density at radius 2 is 1.91 bits per heavy atom. The molecule has 2 aliphatic carbocycles. The molecular weight excluding hydrogens is 296 g/mol. The van der Waals surface area contributed by atoms with Crippen molar-refractivity contribution < 1.29 is 13.2 Å². The first-order chi connectivity index (χ1) is 10.4. The van der Waals surface area contributed by atoms with Crippen LogP contribution in [0, 0.1) is 17.3 Å². The Balaban J connectivity index is 1.71. The van der Waals surface area contributed by atoms with Crippen molar-refractivity contribution in [1.82, 2.24) is 0 Å². The zero-order valence-corrected chi connectivity index (χ0v) is 13.9. The van der Waals surface area contributed by atoms with Crippen LogP contribution in [-0.2, 0) is 14.6 Å². The largest absolute Gasteiger partial charge is 0.299 e. The molecule has 0 heterocycles. The minimum atomic E-state index is -3.21. The second-order valence-electron chi connectivity index (χ2n) is 7.07. The van der Waals surface area contributed by atoms with E-state index in [0.29, 0.717) is 23.0 Å². The Hall–Kier alpha value is -1.16. The monoisotopic (exact) mass is 320 g/mol. The zero-order valence-electron chi connectivity index (χ0n) is 13.1. The highest BCUT2D eigenvalue weighted by Crippen LogP contribution is 2.55. The van der Waals surface area contributed by atoms with Crippen molar-refractivity contribution in [1.29, 1.82) is 0 Å². The van der Waals surface area contributed by atoms with Gasteiger partial charge in [-0.05, 0) is 55.6 Å². The van der Waals surface area contributed by atoms with Crippen molar-refractivity contribution in [2.24, 2.45) is 17.3 Å². The van der Waals surface area contributed by atoms with Gasteiger partial charge in [0, 0.05) is 12.3 Å². The van der Waals surface area contributed by atoms with Crippen LogP contribution >= 0.6 is 0 Å². The van der Waals surface area contributed by atoms with Crippen molar-refractivity contribution in [3.05, 3.63) is 30.3 Å². The van der Waals surface area contributed by atoms with E-state index < -0.39 is 9.84 Å². The van der Waals surface area contributed by atoms with Crippen LogP contribution in [0.1, 0.15) is 45.4 Å². The first-order valence-corrected chi connectivity index (χ1v) is 9.89. The van der Waals surface area contributed by atoms with Gasteiger partial charge in [-0.25, -0.2) is 8.42 Å². The number of carbonyl (C=O) groups is 1. The molecule has 3 rings (SSSR count). The van der Waals surface area contributed by atoms with Crippen molar-refractivity contribution in [3.8, 4) is 0 Å². The number of hydrogen-bond donors (Lipinski definition) is 0. The Morgan fingerprint density at radius 3 is 2.64 bits per heavy atom. The summed E-state index contributed by atoms with van der Waals surface area (Å²) in [6.45, 7) is 2.21. The number of benzene rings is 1. The van der Waals surface area contributed by atoms with Crippen molar-refractivity contribution in [3.63, 3.8) is 0 Å². The summed E-state index contributed by atoms with van der Waals surface area (Å²) in [5.41, 5.74) is 0.0293. The van der Waals surface area contributed by atoms with Gasteiger partial charge in [-0.1, -0.05) is 25.1 Å². The normalized spacial score (nSPS) is 32.0. The summed E-state index contributed by atoms with van der Waals surface area (Å²) in [6, 6.07) is 8.69. The molecule has 2 unspecified atom stereocenters. The van der Waals surface area contributed by atoms with E-state index in [9.17, 15) is 13.2 Å². The van der Waals surface area contributed by atoms with Crippen LogP contribution in [-0.4, -0.2) is 20.0 Å². The fraction of sp³-hybridized carbons (Fsp3) is 0.611. The van der Waals surface area contributed by atoms with Crippen LogP contribution in [0.25, 0.3) is 0 Å². The highest BCUT2D eigenvalue weighted by molar-refractivity contribution is 7.91. The molecular formula is C18H24O3S. The van der Waals surface area contributed by atoms with Gasteiger partial charge in [0.25, 0.3) is 0 Å². The van der Waals surface area contributed by atoms with Crippen LogP contribution < -0.4 is 0 Å².